The van der Waals surface area contributed by atoms with E-state index in [1.165, 1.54) is 0 Å². The molecule has 4 atom stereocenters. The van der Waals surface area contributed by atoms with Gasteiger partial charge >= 0.3 is 5.97 Å². The quantitative estimate of drug-likeness (QED) is 0.595. The highest BCUT2D eigenvalue weighted by atomic mass is 16.5. The first-order valence-corrected chi connectivity index (χ1v) is 4.57. The summed E-state index contributed by atoms with van der Waals surface area (Å²) in [7, 11) is 0. The van der Waals surface area contributed by atoms with Crippen molar-refractivity contribution < 1.29 is 19.7 Å². The Morgan fingerprint density at radius 2 is 2.08 bits per heavy atom. The molecule has 0 amide bonds. The van der Waals surface area contributed by atoms with Gasteiger partial charge in [-0.05, 0) is 6.92 Å². The SMILES string of the molecule is C[C@H]1[C@@H](O)[C@@H](C)C(=O)O[C@@H]1CCO. The third-order valence-corrected chi connectivity index (χ3v) is 2.69. The molecule has 1 fully saturated rings. The Balaban J connectivity index is 2.64. The fourth-order valence-corrected chi connectivity index (χ4v) is 1.63. The van der Waals surface area contributed by atoms with E-state index in [2.05, 4.69) is 0 Å². The molecule has 0 aromatic carbocycles. The first-order chi connectivity index (χ1) is 6.07. The number of hydrogen-bond acceptors (Lipinski definition) is 4. The van der Waals surface area contributed by atoms with E-state index in [0.717, 1.165) is 0 Å². The summed E-state index contributed by atoms with van der Waals surface area (Å²) in [5.41, 5.74) is 0. The van der Waals surface area contributed by atoms with Crippen LogP contribution in [-0.2, 0) is 9.53 Å². The average Bonchev–Trinajstić information content (AvgIpc) is 2.11. The second kappa shape index (κ2) is 4.07. The van der Waals surface area contributed by atoms with Gasteiger partial charge in [-0.15, -0.1) is 0 Å². The van der Waals surface area contributed by atoms with Crippen LogP contribution in [0, 0.1) is 11.8 Å². The molecule has 0 saturated carbocycles. The molecule has 0 bridgehead atoms. The lowest BCUT2D eigenvalue weighted by molar-refractivity contribution is -0.178. The maximum absolute atomic E-state index is 11.2. The standard InChI is InChI=1S/C9H16O4/c1-5-7(3-4-10)13-9(12)6(2)8(5)11/h5-8,10-11H,3-4H2,1-2H3/t5-,6-,7-,8-/m1/s1. The third kappa shape index (κ3) is 2.00. The van der Waals surface area contributed by atoms with Crippen LogP contribution in [0.4, 0.5) is 0 Å². The van der Waals surface area contributed by atoms with Crippen molar-refractivity contribution in [2.24, 2.45) is 11.8 Å². The van der Waals surface area contributed by atoms with Crippen LogP contribution < -0.4 is 0 Å². The lowest BCUT2D eigenvalue weighted by Gasteiger charge is -2.35. The number of aliphatic hydroxyl groups excluding tert-OH is 2. The van der Waals surface area contributed by atoms with Crippen LogP contribution in [0.25, 0.3) is 0 Å². The predicted molar refractivity (Wildman–Crippen MR) is 45.9 cm³/mol. The number of rotatable bonds is 2. The fourth-order valence-electron chi connectivity index (χ4n) is 1.63. The highest BCUT2D eigenvalue weighted by molar-refractivity contribution is 5.73. The molecule has 76 valence electrons. The van der Waals surface area contributed by atoms with Gasteiger partial charge < -0.3 is 14.9 Å². The molecule has 1 saturated heterocycles. The van der Waals surface area contributed by atoms with Gasteiger partial charge in [0.1, 0.15) is 6.10 Å². The molecule has 4 heteroatoms. The number of cyclic esters (lactones) is 1. The van der Waals surface area contributed by atoms with Gasteiger partial charge in [0.05, 0.1) is 12.0 Å². The normalized spacial score (nSPS) is 40.2. The van der Waals surface area contributed by atoms with Crippen molar-refractivity contribution in [2.45, 2.75) is 32.5 Å². The first-order valence-electron chi connectivity index (χ1n) is 4.57. The van der Waals surface area contributed by atoms with Crippen LogP contribution in [0.15, 0.2) is 0 Å². The van der Waals surface area contributed by atoms with Gasteiger partial charge in [-0.25, -0.2) is 0 Å². The Labute approximate surface area is 77.5 Å². The Bertz CT molecular complexity index is 192. The summed E-state index contributed by atoms with van der Waals surface area (Å²) in [6.45, 7) is 3.45. The fraction of sp³-hybridized carbons (Fsp3) is 0.889. The number of aliphatic hydroxyl groups is 2. The summed E-state index contributed by atoms with van der Waals surface area (Å²) in [4.78, 5) is 11.2. The summed E-state index contributed by atoms with van der Waals surface area (Å²) in [5, 5.41) is 18.3. The van der Waals surface area contributed by atoms with Crippen LogP contribution in [0.2, 0.25) is 0 Å². The minimum atomic E-state index is -0.655. The highest BCUT2D eigenvalue weighted by Gasteiger charge is 2.39. The van der Waals surface area contributed by atoms with E-state index in [4.69, 9.17) is 9.84 Å². The molecule has 0 spiro atoms. The van der Waals surface area contributed by atoms with Gasteiger partial charge in [0.2, 0.25) is 0 Å². The van der Waals surface area contributed by atoms with E-state index in [1.807, 2.05) is 6.92 Å². The minimum absolute atomic E-state index is 0.0244. The molecule has 0 unspecified atom stereocenters. The van der Waals surface area contributed by atoms with E-state index in [0.29, 0.717) is 6.42 Å². The molecule has 1 rings (SSSR count). The van der Waals surface area contributed by atoms with Gasteiger partial charge in [0.25, 0.3) is 0 Å². The lowest BCUT2D eigenvalue weighted by Crippen LogP contribution is -2.46. The van der Waals surface area contributed by atoms with Crippen LogP contribution in [0.5, 0.6) is 0 Å². The maximum atomic E-state index is 11.2. The lowest BCUT2D eigenvalue weighted by atomic mass is 9.85. The average molecular weight is 188 g/mol. The molecule has 1 aliphatic rings. The van der Waals surface area contributed by atoms with Crippen molar-refractivity contribution in [3.63, 3.8) is 0 Å². The van der Waals surface area contributed by atoms with Crippen molar-refractivity contribution in [2.75, 3.05) is 6.61 Å². The minimum Gasteiger partial charge on any atom is -0.462 e. The monoisotopic (exact) mass is 188 g/mol. The molecule has 0 aromatic heterocycles. The van der Waals surface area contributed by atoms with Crippen molar-refractivity contribution in [3.8, 4) is 0 Å². The van der Waals surface area contributed by atoms with Crippen LogP contribution in [0.3, 0.4) is 0 Å². The van der Waals surface area contributed by atoms with Crippen LogP contribution in [-0.4, -0.2) is 35.0 Å². The van der Waals surface area contributed by atoms with Gasteiger partial charge in [0, 0.05) is 18.9 Å². The Morgan fingerprint density at radius 1 is 1.46 bits per heavy atom. The van der Waals surface area contributed by atoms with Crippen molar-refractivity contribution in [3.05, 3.63) is 0 Å². The smallest absolute Gasteiger partial charge is 0.311 e. The maximum Gasteiger partial charge on any atom is 0.311 e. The molecule has 2 N–H and O–H groups in total. The first kappa shape index (κ1) is 10.5. The van der Waals surface area contributed by atoms with E-state index in [-0.39, 0.29) is 24.6 Å². The summed E-state index contributed by atoms with van der Waals surface area (Å²) in [6.07, 6.45) is -0.599. The highest BCUT2D eigenvalue weighted by Crippen LogP contribution is 2.27. The number of carbonyl (C=O) groups is 1. The molecule has 0 radical (unpaired) electrons. The molecule has 1 aliphatic heterocycles. The van der Waals surface area contributed by atoms with E-state index in [1.54, 1.807) is 6.92 Å². The number of esters is 1. The zero-order valence-electron chi connectivity index (χ0n) is 7.93. The van der Waals surface area contributed by atoms with Gasteiger partial charge in [0.15, 0.2) is 0 Å². The molecular weight excluding hydrogens is 172 g/mol. The van der Waals surface area contributed by atoms with Gasteiger partial charge in [-0.2, -0.15) is 0 Å². The number of ether oxygens (including phenoxy) is 1. The molecule has 13 heavy (non-hydrogen) atoms. The van der Waals surface area contributed by atoms with Crippen molar-refractivity contribution in [1.82, 2.24) is 0 Å². The Kier molecular flexibility index (Phi) is 3.27. The molecule has 4 nitrogen and oxygen atoms in total. The molecule has 0 aromatic rings. The number of hydrogen-bond donors (Lipinski definition) is 2. The summed E-state index contributed by atoms with van der Waals surface area (Å²) < 4.78 is 5.06. The Hall–Kier alpha value is -0.610. The second-order valence-electron chi connectivity index (χ2n) is 3.63. The largest absolute Gasteiger partial charge is 0.462 e. The predicted octanol–water partition coefficient (Wildman–Crippen LogP) is -0.0727. The zero-order chi connectivity index (χ0) is 10.0. The van der Waals surface area contributed by atoms with Gasteiger partial charge in [-0.3, -0.25) is 4.79 Å². The molecule has 1 heterocycles. The van der Waals surface area contributed by atoms with Crippen molar-refractivity contribution >= 4 is 5.97 Å². The zero-order valence-corrected chi connectivity index (χ0v) is 7.93. The number of carbonyl (C=O) groups excluding carboxylic acids is 1. The van der Waals surface area contributed by atoms with Crippen LogP contribution in [0.1, 0.15) is 20.3 Å². The summed E-state index contributed by atoms with van der Waals surface area (Å²) in [6, 6.07) is 0. The van der Waals surface area contributed by atoms with Crippen LogP contribution >= 0.6 is 0 Å². The molecule has 0 aliphatic carbocycles. The third-order valence-electron chi connectivity index (χ3n) is 2.69. The van der Waals surface area contributed by atoms with E-state index in [9.17, 15) is 9.90 Å². The molecular formula is C9H16O4. The van der Waals surface area contributed by atoms with Crippen molar-refractivity contribution in [1.29, 1.82) is 0 Å². The van der Waals surface area contributed by atoms with Gasteiger partial charge in [-0.1, -0.05) is 6.92 Å². The summed E-state index contributed by atoms with van der Waals surface area (Å²) in [5.74, 6) is -0.922. The van der Waals surface area contributed by atoms with E-state index < -0.39 is 12.0 Å². The Morgan fingerprint density at radius 3 is 2.62 bits per heavy atom. The van der Waals surface area contributed by atoms with E-state index >= 15 is 0 Å². The summed E-state index contributed by atoms with van der Waals surface area (Å²) >= 11 is 0. The second-order valence-corrected chi connectivity index (χ2v) is 3.63. The topological polar surface area (TPSA) is 66.8 Å².